The number of amides is 1. The van der Waals surface area contributed by atoms with E-state index in [0.717, 1.165) is 50.0 Å². The Bertz CT molecular complexity index is 654. The van der Waals surface area contributed by atoms with Crippen molar-refractivity contribution in [3.05, 3.63) is 35.6 Å². The second-order valence-electron chi connectivity index (χ2n) is 6.20. The van der Waals surface area contributed by atoms with Gasteiger partial charge in [-0.3, -0.25) is 4.79 Å². The highest BCUT2D eigenvalue weighted by Crippen LogP contribution is 2.24. The summed E-state index contributed by atoms with van der Waals surface area (Å²) in [7, 11) is 0. The Morgan fingerprint density at radius 3 is 2.82 bits per heavy atom. The maximum Gasteiger partial charge on any atom is 0.289 e. The lowest BCUT2D eigenvalue weighted by molar-refractivity contribution is 0.0660. The summed E-state index contributed by atoms with van der Waals surface area (Å²) in [6, 6.07) is 7.87. The number of aryl methyl sites for hydroxylation is 1. The third kappa shape index (κ3) is 3.17. The molecular weight excluding hydrogens is 276 g/mol. The van der Waals surface area contributed by atoms with Crippen LogP contribution >= 0.6 is 0 Å². The van der Waals surface area contributed by atoms with Gasteiger partial charge in [0.1, 0.15) is 5.58 Å². The quantitative estimate of drug-likeness (QED) is 0.943. The summed E-state index contributed by atoms with van der Waals surface area (Å²) >= 11 is 0. The molecule has 4 nitrogen and oxygen atoms in total. The Kier molecular flexibility index (Phi) is 4.48. The average molecular weight is 300 g/mol. The van der Waals surface area contributed by atoms with Crippen LogP contribution in [0.15, 0.2) is 28.7 Å². The van der Waals surface area contributed by atoms with Crippen molar-refractivity contribution >= 4 is 16.9 Å². The van der Waals surface area contributed by atoms with Crippen LogP contribution in [0.3, 0.4) is 0 Å². The largest absolute Gasteiger partial charge is 0.451 e. The van der Waals surface area contributed by atoms with E-state index in [-0.39, 0.29) is 5.91 Å². The predicted molar refractivity (Wildman–Crippen MR) is 88.1 cm³/mol. The predicted octanol–water partition coefficient (Wildman–Crippen LogP) is 3.20. The molecule has 0 atom stereocenters. The molecule has 4 heteroatoms. The first-order valence-corrected chi connectivity index (χ1v) is 8.17. The highest BCUT2D eigenvalue weighted by atomic mass is 16.3. The van der Waals surface area contributed by atoms with E-state index in [1.54, 1.807) is 0 Å². The zero-order valence-electron chi connectivity index (χ0n) is 13.4. The molecular formula is C18H24N2O2. The third-order valence-corrected chi connectivity index (χ3v) is 4.47. The molecule has 1 N–H and O–H groups in total. The van der Waals surface area contributed by atoms with Crippen LogP contribution in [0.4, 0.5) is 0 Å². The first-order chi connectivity index (χ1) is 10.7. The normalized spacial score (nSPS) is 16.4. The first kappa shape index (κ1) is 15.1. The van der Waals surface area contributed by atoms with Gasteiger partial charge in [0.05, 0.1) is 0 Å². The number of nitrogens with zero attached hydrogens (tertiary/aromatic N) is 1. The van der Waals surface area contributed by atoms with Gasteiger partial charge in [-0.1, -0.05) is 18.6 Å². The van der Waals surface area contributed by atoms with Crippen LogP contribution in [-0.2, 0) is 0 Å². The second-order valence-corrected chi connectivity index (χ2v) is 6.20. The van der Waals surface area contributed by atoms with Crippen LogP contribution in [0, 0.1) is 12.8 Å². The molecule has 1 aliphatic heterocycles. The highest BCUT2D eigenvalue weighted by molar-refractivity contribution is 5.96. The van der Waals surface area contributed by atoms with Gasteiger partial charge in [0.25, 0.3) is 5.91 Å². The minimum absolute atomic E-state index is 0.0238. The van der Waals surface area contributed by atoms with Gasteiger partial charge in [0.2, 0.25) is 0 Å². The molecule has 3 rings (SSSR count). The Hall–Kier alpha value is -1.81. The maximum atomic E-state index is 12.6. The minimum atomic E-state index is 0.0238. The minimum Gasteiger partial charge on any atom is -0.451 e. The summed E-state index contributed by atoms with van der Waals surface area (Å²) < 4.78 is 5.73. The molecule has 1 fully saturated rings. The summed E-state index contributed by atoms with van der Waals surface area (Å²) in [6.07, 6.45) is 2.14. The van der Waals surface area contributed by atoms with Crippen molar-refractivity contribution in [1.29, 1.82) is 0 Å². The fourth-order valence-electron chi connectivity index (χ4n) is 3.11. The van der Waals surface area contributed by atoms with E-state index in [2.05, 4.69) is 18.3 Å². The lowest BCUT2D eigenvalue weighted by Crippen LogP contribution is -2.40. The number of nitrogens with one attached hydrogen (secondary N) is 1. The zero-order valence-corrected chi connectivity index (χ0v) is 13.4. The Labute approximate surface area is 131 Å². The van der Waals surface area contributed by atoms with Gasteiger partial charge >= 0.3 is 0 Å². The van der Waals surface area contributed by atoms with Crippen molar-refractivity contribution in [2.24, 2.45) is 5.92 Å². The van der Waals surface area contributed by atoms with E-state index in [0.29, 0.717) is 11.7 Å². The van der Waals surface area contributed by atoms with Gasteiger partial charge in [-0.25, -0.2) is 0 Å². The molecule has 1 aliphatic rings. The standard InChI is InChI=1S/C18H24N2O2/c1-3-19-12-14-6-8-20(9-7-14)18(21)17-11-15-10-13(2)4-5-16(15)22-17/h4-5,10-11,14,19H,3,6-9,12H2,1-2H3. The highest BCUT2D eigenvalue weighted by Gasteiger charge is 2.25. The van der Waals surface area contributed by atoms with Gasteiger partial charge in [-0.15, -0.1) is 0 Å². The molecule has 118 valence electrons. The number of hydrogen-bond acceptors (Lipinski definition) is 3. The molecule has 0 radical (unpaired) electrons. The van der Waals surface area contributed by atoms with Crippen LogP contribution in [0.25, 0.3) is 11.0 Å². The number of likely N-dealkylation sites (tertiary alicyclic amines) is 1. The van der Waals surface area contributed by atoms with Crippen molar-refractivity contribution in [1.82, 2.24) is 10.2 Å². The number of fused-ring (bicyclic) bond motifs is 1. The molecule has 0 saturated carbocycles. The summed E-state index contributed by atoms with van der Waals surface area (Å²) in [5, 5.41) is 4.40. The zero-order chi connectivity index (χ0) is 15.5. The number of benzene rings is 1. The molecule has 0 bridgehead atoms. The van der Waals surface area contributed by atoms with Crippen molar-refractivity contribution in [2.75, 3.05) is 26.2 Å². The summed E-state index contributed by atoms with van der Waals surface area (Å²) in [5.74, 6) is 1.17. The number of hydrogen-bond donors (Lipinski definition) is 1. The van der Waals surface area contributed by atoms with Gasteiger partial charge in [0.15, 0.2) is 5.76 Å². The fraction of sp³-hybridized carbons (Fsp3) is 0.500. The van der Waals surface area contributed by atoms with E-state index in [4.69, 9.17) is 4.42 Å². The van der Waals surface area contributed by atoms with E-state index in [1.807, 2.05) is 30.0 Å². The van der Waals surface area contributed by atoms with Gasteiger partial charge in [-0.05, 0) is 57.0 Å². The average Bonchev–Trinajstić information content (AvgIpc) is 2.95. The molecule has 1 amide bonds. The Morgan fingerprint density at radius 2 is 2.09 bits per heavy atom. The summed E-state index contributed by atoms with van der Waals surface area (Å²) in [5.41, 5.74) is 1.97. The van der Waals surface area contributed by atoms with Crippen LogP contribution < -0.4 is 5.32 Å². The molecule has 2 aromatic rings. The Balaban J connectivity index is 1.66. The van der Waals surface area contributed by atoms with Crippen LogP contribution in [0.1, 0.15) is 35.9 Å². The number of carbonyl (C=O) groups is 1. The number of piperidine rings is 1. The van der Waals surface area contributed by atoms with Crippen LogP contribution in [0.2, 0.25) is 0 Å². The Morgan fingerprint density at radius 1 is 1.32 bits per heavy atom. The molecule has 1 aromatic carbocycles. The van der Waals surface area contributed by atoms with Crippen molar-refractivity contribution in [2.45, 2.75) is 26.7 Å². The fourth-order valence-corrected chi connectivity index (χ4v) is 3.11. The number of rotatable bonds is 4. The SMILES string of the molecule is CCNCC1CCN(C(=O)c2cc3cc(C)ccc3o2)CC1. The molecule has 1 saturated heterocycles. The molecule has 2 heterocycles. The second kappa shape index (κ2) is 6.53. The lowest BCUT2D eigenvalue weighted by Gasteiger charge is -2.31. The van der Waals surface area contributed by atoms with Gasteiger partial charge in [-0.2, -0.15) is 0 Å². The van der Waals surface area contributed by atoms with E-state index < -0.39 is 0 Å². The van der Waals surface area contributed by atoms with E-state index >= 15 is 0 Å². The lowest BCUT2D eigenvalue weighted by atomic mass is 9.96. The first-order valence-electron chi connectivity index (χ1n) is 8.17. The van der Waals surface area contributed by atoms with E-state index in [9.17, 15) is 4.79 Å². The third-order valence-electron chi connectivity index (χ3n) is 4.47. The van der Waals surface area contributed by atoms with Crippen molar-refractivity contribution in [3.63, 3.8) is 0 Å². The summed E-state index contributed by atoms with van der Waals surface area (Å²) in [6.45, 7) is 7.89. The van der Waals surface area contributed by atoms with Crippen LogP contribution in [0.5, 0.6) is 0 Å². The number of furan rings is 1. The van der Waals surface area contributed by atoms with Gasteiger partial charge in [0, 0.05) is 18.5 Å². The molecule has 0 unspecified atom stereocenters. The van der Waals surface area contributed by atoms with Crippen LogP contribution in [-0.4, -0.2) is 37.0 Å². The molecule has 0 spiro atoms. The van der Waals surface area contributed by atoms with Gasteiger partial charge < -0.3 is 14.6 Å². The smallest absolute Gasteiger partial charge is 0.289 e. The molecule has 22 heavy (non-hydrogen) atoms. The molecule has 0 aliphatic carbocycles. The maximum absolute atomic E-state index is 12.6. The number of carbonyl (C=O) groups excluding carboxylic acids is 1. The monoisotopic (exact) mass is 300 g/mol. The molecule has 1 aromatic heterocycles. The summed E-state index contributed by atoms with van der Waals surface area (Å²) in [4.78, 5) is 14.5. The van der Waals surface area contributed by atoms with Crippen molar-refractivity contribution < 1.29 is 9.21 Å². The van der Waals surface area contributed by atoms with Crippen molar-refractivity contribution in [3.8, 4) is 0 Å². The topological polar surface area (TPSA) is 45.5 Å². The van der Waals surface area contributed by atoms with E-state index in [1.165, 1.54) is 5.56 Å².